The van der Waals surface area contributed by atoms with Gasteiger partial charge in [-0.1, -0.05) is 0 Å². The Balaban J connectivity index is 1.79. The van der Waals surface area contributed by atoms with Gasteiger partial charge in [0, 0.05) is 37.1 Å². The molecule has 3 N–H and O–H groups in total. The van der Waals surface area contributed by atoms with Gasteiger partial charge >= 0.3 is 0 Å². The number of aromatic nitrogens is 5. The van der Waals surface area contributed by atoms with Gasteiger partial charge in [-0.2, -0.15) is 10.2 Å². The second kappa shape index (κ2) is 6.34. The average Bonchev–Trinajstić information content (AvgIpc) is 3.13. The zero-order valence-electron chi connectivity index (χ0n) is 14.3. The van der Waals surface area contributed by atoms with Crippen molar-refractivity contribution in [2.45, 2.75) is 26.7 Å². The Morgan fingerprint density at radius 3 is 2.72 bits per heavy atom. The Morgan fingerprint density at radius 2 is 2.08 bits per heavy atom. The van der Waals surface area contributed by atoms with E-state index in [1.165, 1.54) is 6.20 Å². The molecule has 0 bridgehead atoms. The van der Waals surface area contributed by atoms with Gasteiger partial charge in [-0.05, 0) is 25.8 Å². The lowest BCUT2D eigenvalue weighted by molar-refractivity contribution is -0.116. The standard InChI is InChI=1S/C16H19N7O2/c1-9-11(4-5-14(24)20-13-6-7-22(3)21-13)10(2)23-16(19-9)12(8-18-23)15(17)25/h6-8H,4-5H2,1-3H3,(H2,17,25)(H,20,21,24). The smallest absolute Gasteiger partial charge is 0.254 e. The summed E-state index contributed by atoms with van der Waals surface area (Å²) in [5, 5.41) is 11.0. The predicted octanol–water partition coefficient (Wildman–Crippen LogP) is 0.750. The Labute approximate surface area is 143 Å². The van der Waals surface area contributed by atoms with Crippen LogP contribution in [0.3, 0.4) is 0 Å². The topological polar surface area (TPSA) is 120 Å². The van der Waals surface area contributed by atoms with Gasteiger partial charge in [-0.25, -0.2) is 9.50 Å². The van der Waals surface area contributed by atoms with E-state index in [1.54, 1.807) is 28.5 Å². The van der Waals surface area contributed by atoms with Gasteiger partial charge in [0.1, 0.15) is 5.56 Å². The Kier molecular flexibility index (Phi) is 4.22. The molecule has 9 heteroatoms. The first-order chi connectivity index (χ1) is 11.9. The molecule has 0 saturated carbocycles. The van der Waals surface area contributed by atoms with Crippen LogP contribution in [-0.4, -0.2) is 36.2 Å². The highest BCUT2D eigenvalue weighted by atomic mass is 16.2. The molecule has 0 aliphatic carbocycles. The van der Waals surface area contributed by atoms with E-state index in [4.69, 9.17) is 5.73 Å². The number of amides is 2. The summed E-state index contributed by atoms with van der Waals surface area (Å²) in [4.78, 5) is 28.0. The maximum atomic E-state index is 12.1. The molecule has 25 heavy (non-hydrogen) atoms. The van der Waals surface area contributed by atoms with Crippen molar-refractivity contribution in [3.05, 3.63) is 41.0 Å². The van der Waals surface area contributed by atoms with Crippen molar-refractivity contribution in [1.82, 2.24) is 24.4 Å². The number of hydrogen-bond donors (Lipinski definition) is 2. The van der Waals surface area contributed by atoms with Crippen LogP contribution in [0.25, 0.3) is 5.65 Å². The molecule has 0 aliphatic heterocycles. The van der Waals surface area contributed by atoms with Crippen LogP contribution in [-0.2, 0) is 18.3 Å². The fourth-order valence-electron chi connectivity index (χ4n) is 2.77. The summed E-state index contributed by atoms with van der Waals surface area (Å²) in [6.07, 6.45) is 3.96. The monoisotopic (exact) mass is 341 g/mol. The Hall–Kier alpha value is -3.23. The molecule has 0 spiro atoms. The molecule has 0 saturated heterocycles. The second-order valence-electron chi connectivity index (χ2n) is 5.84. The number of nitrogens with one attached hydrogen (secondary N) is 1. The summed E-state index contributed by atoms with van der Waals surface area (Å²) < 4.78 is 3.20. The summed E-state index contributed by atoms with van der Waals surface area (Å²) in [5.41, 5.74) is 8.56. The summed E-state index contributed by atoms with van der Waals surface area (Å²) in [6, 6.07) is 1.73. The van der Waals surface area contributed by atoms with Crippen molar-refractivity contribution in [3.63, 3.8) is 0 Å². The van der Waals surface area contributed by atoms with Crippen molar-refractivity contribution >= 4 is 23.3 Å². The first-order valence-corrected chi connectivity index (χ1v) is 7.80. The lowest BCUT2D eigenvalue weighted by Crippen LogP contribution is -2.15. The molecule has 0 radical (unpaired) electrons. The Bertz CT molecular complexity index is 970. The maximum Gasteiger partial charge on any atom is 0.254 e. The molecule has 0 unspecified atom stereocenters. The molecule has 3 rings (SSSR count). The number of carbonyl (C=O) groups excluding carboxylic acids is 2. The molecule has 0 fully saturated rings. The third-order valence-corrected chi connectivity index (χ3v) is 4.06. The average molecular weight is 341 g/mol. The van der Waals surface area contributed by atoms with Crippen LogP contribution < -0.4 is 11.1 Å². The van der Waals surface area contributed by atoms with Gasteiger partial charge in [0.2, 0.25) is 5.91 Å². The van der Waals surface area contributed by atoms with Crippen LogP contribution in [0.15, 0.2) is 18.5 Å². The first-order valence-electron chi connectivity index (χ1n) is 7.80. The number of rotatable bonds is 5. The number of hydrogen-bond acceptors (Lipinski definition) is 5. The molecule has 3 aromatic rings. The lowest BCUT2D eigenvalue weighted by Gasteiger charge is -2.11. The number of nitrogens with two attached hydrogens (primary N) is 1. The second-order valence-corrected chi connectivity index (χ2v) is 5.84. The van der Waals surface area contributed by atoms with E-state index < -0.39 is 5.91 Å². The zero-order valence-corrected chi connectivity index (χ0v) is 14.3. The normalized spacial score (nSPS) is 11.0. The predicted molar refractivity (Wildman–Crippen MR) is 91.1 cm³/mol. The molecule has 2 amide bonds. The van der Waals surface area contributed by atoms with E-state index in [9.17, 15) is 9.59 Å². The molecule has 130 valence electrons. The van der Waals surface area contributed by atoms with Crippen molar-refractivity contribution in [1.29, 1.82) is 0 Å². The highest BCUT2D eigenvalue weighted by Gasteiger charge is 2.17. The number of carbonyl (C=O) groups is 2. The van der Waals surface area contributed by atoms with Gasteiger partial charge in [-0.3, -0.25) is 14.3 Å². The van der Waals surface area contributed by atoms with Crippen molar-refractivity contribution in [2.75, 3.05) is 5.32 Å². The van der Waals surface area contributed by atoms with Crippen LogP contribution in [0, 0.1) is 13.8 Å². The van der Waals surface area contributed by atoms with Gasteiger partial charge in [0.15, 0.2) is 11.5 Å². The highest BCUT2D eigenvalue weighted by molar-refractivity contribution is 5.98. The van der Waals surface area contributed by atoms with Crippen LogP contribution in [0.1, 0.15) is 33.7 Å². The first kappa shape index (κ1) is 16.6. The Morgan fingerprint density at radius 1 is 1.32 bits per heavy atom. The third-order valence-electron chi connectivity index (χ3n) is 4.06. The van der Waals surface area contributed by atoms with Crippen molar-refractivity contribution < 1.29 is 9.59 Å². The third kappa shape index (κ3) is 3.21. The lowest BCUT2D eigenvalue weighted by atomic mass is 10.1. The molecule has 3 aromatic heterocycles. The maximum absolute atomic E-state index is 12.1. The number of nitrogens with zero attached hydrogens (tertiary/aromatic N) is 5. The van der Waals surface area contributed by atoms with Gasteiger partial charge < -0.3 is 11.1 Å². The fraction of sp³-hybridized carbons (Fsp3) is 0.312. The molecular formula is C16H19N7O2. The van der Waals surface area contributed by atoms with Crippen LogP contribution in [0.4, 0.5) is 5.82 Å². The minimum atomic E-state index is -0.566. The SMILES string of the molecule is Cc1nc2c(C(N)=O)cnn2c(C)c1CCC(=O)Nc1ccn(C)n1. The summed E-state index contributed by atoms with van der Waals surface area (Å²) in [7, 11) is 1.79. The van der Waals surface area contributed by atoms with Crippen LogP contribution in [0.2, 0.25) is 0 Å². The van der Waals surface area contributed by atoms with Crippen LogP contribution in [0.5, 0.6) is 0 Å². The number of primary amides is 1. The van der Waals surface area contributed by atoms with Gasteiger partial charge in [0.05, 0.1) is 6.20 Å². The number of anilines is 1. The molecular weight excluding hydrogens is 322 g/mol. The van der Waals surface area contributed by atoms with Gasteiger partial charge in [0.25, 0.3) is 5.91 Å². The zero-order chi connectivity index (χ0) is 18.1. The minimum absolute atomic E-state index is 0.129. The van der Waals surface area contributed by atoms with Crippen LogP contribution >= 0.6 is 0 Å². The molecule has 9 nitrogen and oxygen atoms in total. The minimum Gasteiger partial charge on any atom is -0.365 e. The molecule has 0 aliphatic rings. The molecule has 0 aromatic carbocycles. The summed E-state index contributed by atoms with van der Waals surface area (Å²) in [5.74, 6) is -0.174. The van der Waals surface area contributed by atoms with E-state index in [-0.39, 0.29) is 17.9 Å². The van der Waals surface area contributed by atoms with Crippen molar-refractivity contribution in [2.24, 2.45) is 12.8 Å². The molecule has 0 atom stereocenters. The largest absolute Gasteiger partial charge is 0.365 e. The van der Waals surface area contributed by atoms with E-state index >= 15 is 0 Å². The van der Waals surface area contributed by atoms with E-state index in [1.807, 2.05) is 13.8 Å². The van der Waals surface area contributed by atoms with E-state index in [2.05, 4.69) is 20.5 Å². The molecule has 3 heterocycles. The number of fused-ring (bicyclic) bond motifs is 1. The van der Waals surface area contributed by atoms with E-state index in [0.717, 1.165) is 17.0 Å². The quantitative estimate of drug-likeness (QED) is 0.709. The van der Waals surface area contributed by atoms with E-state index in [0.29, 0.717) is 17.9 Å². The van der Waals surface area contributed by atoms with Gasteiger partial charge in [-0.15, -0.1) is 0 Å². The van der Waals surface area contributed by atoms with Crippen molar-refractivity contribution in [3.8, 4) is 0 Å². The number of aryl methyl sites for hydroxylation is 3. The highest BCUT2D eigenvalue weighted by Crippen LogP contribution is 2.18. The fourth-order valence-corrected chi connectivity index (χ4v) is 2.77. The summed E-state index contributed by atoms with van der Waals surface area (Å²) >= 11 is 0. The summed E-state index contributed by atoms with van der Waals surface area (Å²) in [6.45, 7) is 3.72.